The van der Waals surface area contributed by atoms with Gasteiger partial charge in [-0.25, -0.2) is 13.6 Å². The summed E-state index contributed by atoms with van der Waals surface area (Å²) in [5.74, 6) is 1.53. The van der Waals surface area contributed by atoms with E-state index < -0.39 is 21.4 Å². The van der Waals surface area contributed by atoms with E-state index in [1.165, 1.54) is 11.1 Å². The number of hydrogen-bond donors (Lipinski definition) is 2. The quantitative estimate of drug-likeness (QED) is 0.382. The highest BCUT2D eigenvalue weighted by atomic mass is 35.5. The molecule has 1 spiro atoms. The molecule has 2 aromatic carbocycles. The number of aryl methyl sites for hydroxylation is 1. The summed E-state index contributed by atoms with van der Waals surface area (Å²) in [6.07, 6.45) is 12.8. The molecule has 0 amide bonds. The number of allylic oxidation sites excluding steroid dienone is 1. The molecule has 41 heavy (non-hydrogen) atoms. The van der Waals surface area contributed by atoms with Gasteiger partial charge in [0.25, 0.3) is 0 Å². The molecule has 6 nitrogen and oxygen atoms in total. The van der Waals surface area contributed by atoms with Gasteiger partial charge < -0.3 is 14.7 Å². The highest BCUT2D eigenvalue weighted by Gasteiger charge is 2.44. The molecule has 0 saturated heterocycles. The number of ether oxygens (including phenoxy) is 1. The number of primary sulfonamides is 1. The lowest BCUT2D eigenvalue weighted by molar-refractivity contribution is 0.0455. The van der Waals surface area contributed by atoms with Gasteiger partial charge in [0.05, 0.1) is 23.6 Å². The topological polar surface area (TPSA) is 92.9 Å². The molecule has 0 aromatic heterocycles. The molecule has 4 aliphatic rings. The maximum atomic E-state index is 12.1. The molecule has 0 bridgehead atoms. The van der Waals surface area contributed by atoms with Gasteiger partial charge in [-0.1, -0.05) is 54.8 Å². The maximum absolute atomic E-state index is 12.1. The van der Waals surface area contributed by atoms with Crippen molar-refractivity contribution in [2.75, 3.05) is 24.6 Å². The first-order valence-electron chi connectivity index (χ1n) is 15.4. The molecular formula is C33H43ClN2O4S. The lowest BCUT2D eigenvalue weighted by atomic mass is 9.68. The van der Waals surface area contributed by atoms with Crippen molar-refractivity contribution < 1.29 is 18.3 Å². The first-order valence-corrected chi connectivity index (χ1v) is 17.3. The Balaban J connectivity index is 1.17. The van der Waals surface area contributed by atoms with E-state index in [1.54, 1.807) is 0 Å². The van der Waals surface area contributed by atoms with Crippen LogP contribution < -0.4 is 14.8 Å². The van der Waals surface area contributed by atoms with Crippen LogP contribution in [-0.2, 0) is 21.9 Å². The molecule has 8 heteroatoms. The number of nitrogens with two attached hydrogens (primary N) is 1. The van der Waals surface area contributed by atoms with Crippen molar-refractivity contribution in [2.24, 2.45) is 22.9 Å². The van der Waals surface area contributed by atoms with Gasteiger partial charge in [0.1, 0.15) is 5.75 Å². The zero-order valence-electron chi connectivity index (χ0n) is 23.8. The highest BCUT2D eigenvalue weighted by molar-refractivity contribution is 7.89. The van der Waals surface area contributed by atoms with Crippen LogP contribution in [0.3, 0.4) is 0 Å². The molecule has 3 N–H and O–H groups in total. The highest BCUT2D eigenvalue weighted by Crippen LogP contribution is 2.46. The Morgan fingerprint density at radius 2 is 1.93 bits per heavy atom. The first kappa shape index (κ1) is 29.0. The van der Waals surface area contributed by atoms with Crippen LogP contribution in [0.4, 0.5) is 5.69 Å². The van der Waals surface area contributed by atoms with Crippen molar-refractivity contribution >= 4 is 27.3 Å². The van der Waals surface area contributed by atoms with Crippen LogP contribution in [0.25, 0.3) is 0 Å². The molecule has 3 aliphatic carbocycles. The molecule has 2 fully saturated rings. The number of anilines is 1. The fraction of sp³-hybridized carbons (Fsp3) is 0.576. The minimum atomic E-state index is -3.54. The van der Waals surface area contributed by atoms with Gasteiger partial charge in [0.15, 0.2) is 0 Å². The number of halogens is 1. The van der Waals surface area contributed by atoms with Crippen molar-refractivity contribution in [1.29, 1.82) is 0 Å². The smallest absolute Gasteiger partial charge is 0.212 e. The van der Waals surface area contributed by atoms with Gasteiger partial charge in [-0.3, -0.25) is 0 Å². The van der Waals surface area contributed by atoms with E-state index in [1.807, 2.05) is 24.3 Å². The summed E-state index contributed by atoms with van der Waals surface area (Å²) in [5.41, 5.74) is 3.73. The van der Waals surface area contributed by atoms with E-state index in [0.717, 1.165) is 80.9 Å². The van der Waals surface area contributed by atoms with E-state index in [9.17, 15) is 13.5 Å². The normalized spacial score (nSPS) is 30.7. The molecule has 2 saturated carbocycles. The standard InChI is InChI=1S/C33H43ClN2O4S/c34-26-15-17-28-24(19-26)9-6-18-33(28)21-36(29-10-2-3-12-31(29)40-22-33)20-25-14-16-27(25)30(37)11-5-8-23-7-1-4-13-32(23)41(35,38)39/h2-3,5,10-12,15,17,19,23,25,27,30,32,37H,1,4,6-9,13-14,16,18,20-22H2,(H2,35,38,39)/b11-5+/t23-,25+,27-,30+,32+,33+/m1/s1. The number of rotatable bonds is 7. The van der Waals surface area contributed by atoms with Crippen LogP contribution in [0.15, 0.2) is 54.6 Å². The first-order chi connectivity index (χ1) is 19.7. The van der Waals surface area contributed by atoms with Gasteiger partial charge in [-0.15, -0.1) is 0 Å². The summed E-state index contributed by atoms with van der Waals surface area (Å²) in [4.78, 5) is 2.51. The van der Waals surface area contributed by atoms with E-state index in [-0.39, 0.29) is 17.3 Å². The van der Waals surface area contributed by atoms with Crippen LogP contribution >= 0.6 is 11.6 Å². The number of sulfonamides is 1. The lowest BCUT2D eigenvalue weighted by Crippen LogP contribution is -2.49. The van der Waals surface area contributed by atoms with E-state index in [0.29, 0.717) is 25.4 Å². The van der Waals surface area contributed by atoms with Gasteiger partial charge >= 0.3 is 0 Å². The Morgan fingerprint density at radius 3 is 2.73 bits per heavy atom. The average molecular weight is 599 g/mol. The third-order valence-corrected chi connectivity index (χ3v) is 12.0. The van der Waals surface area contributed by atoms with Crippen LogP contribution in [0, 0.1) is 17.8 Å². The SMILES string of the molecule is NS(=O)(=O)[C@H]1CCCC[C@@H]1C/C=C/[C@H](O)[C@@H]1CC[C@H]1CN1C[C@@]2(CCCc3cc(Cl)ccc32)COc2ccccc21. The van der Waals surface area contributed by atoms with Crippen molar-refractivity contribution in [3.05, 3.63) is 70.8 Å². The fourth-order valence-corrected chi connectivity index (χ4v) is 9.51. The summed E-state index contributed by atoms with van der Waals surface area (Å²) >= 11 is 6.38. The van der Waals surface area contributed by atoms with E-state index >= 15 is 0 Å². The Bertz CT molecular complexity index is 1380. The molecular weight excluding hydrogens is 556 g/mol. The van der Waals surface area contributed by atoms with Gasteiger partial charge in [0, 0.05) is 23.5 Å². The molecule has 222 valence electrons. The minimum Gasteiger partial charge on any atom is -0.490 e. The zero-order valence-corrected chi connectivity index (χ0v) is 25.3. The number of aliphatic hydroxyl groups is 1. The van der Waals surface area contributed by atoms with Crippen LogP contribution in [-0.4, -0.2) is 44.6 Å². The van der Waals surface area contributed by atoms with E-state index in [4.69, 9.17) is 21.5 Å². The second kappa shape index (κ2) is 11.9. The predicted molar refractivity (Wildman–Crippen MR) is 165 cm³/mol. The molecule has 0 radical (unpaired) electrons. The Morgan fingerprint density at radius 1 is 1.10 bits per heavy atom. The molecule has 2 aromatic rings. The summed E-state index contributed by atoms with van der Waals surface area (Å²) in [5, 5.41) is 17.0. The minimum absolute atomic E-state index is 0.0393. The summed E-state index contributed by atoms with van der Waals surface area (Å²) in [7, 11) is -3.54. The fourth-order valence-electron chi connectivity index (χ4n) is 8.03. The molecule has 6 atom stereocenters. The van der Waals surface area contributed by atoms with Gasteiger partial charge in [-0.05, 0) is 105 Å². The van der Waals surface area contributed by atoms with Crippen molar-refractivity contribution in [3.8, 4) is 5.75 Å². The number of nitrogens with zero attached hydrogens (tertiary/aromatic N) is 1. The summed E-state index contributed by atoms with van der Waals surface area (Å²) < 4.78 is 30.7. The zero-order chi connectivity index (χ0) is 28.6. The summed E-state index contributed by atoms with van der Waals surface area (Å²) in [6.45, 7) is 2.40. The van der Waals surface area contributed by atoms with Crippen LogP contribution in [0.2, 0.25) is 5.02 Å². The second-order valence-electron chi connectivity index (χ2n) is 12.9. The van der Waals surface area contributed by atoms with Crippen molar-refractivity contribution in [2.45, 2.75) is 81.0 Å². The Hall–Kier alpha value is -2.06. The number of aliphatic hydroxyl groups excluding tert-OH is 1. The Kier molecular flexibility index (Phi) is 8.43. The van der Waals surface area contributed by atoms with Gasteiger partial charge in [0.2, 0.25) is 10.0 Å². The lowest BCUT2D eigenvalue weighted by Gasteiger charge is -2.45. The monoisotopic (exact) mass is 598 g/mol. The van der Waals surface area contributed by atoms with Crippen LogP contribution in [0.5, 0.6) is 5.75 Å². The largest absolute Gasteiger partial charge is 0.490 e. The molecule has 1 aliphatic heterocycles. The average Bonchev–Trinajstić information content (AvgIpc) is 3.08. The second-order valence-corrected chi connectivity index (χ2v) is 15.1. The predicted octanol–water partition coefficient (Wildman–Crippen LogP) is 5.99. The molecule has 1 heterocycles. The maximum Gasteiger partial charge on any atom is 0.212 e. The summed E-state index contributed by atoms with van der Waals surface area (Å²) in [6, 6.07) is 14.7. The number of para-hydroxylation sites is 2. The molecule has 0 unspecified atom stereocenters. The van der Waals surface area contributed by atoms with Crippen molar-refractivity contribution in [3.63, 3.8) is 0 Å². The third-order valence-electron chi connectivity index (χ3n) is 10.3. The third kappa shape index (κ3) is 6.06. The van der Waals surface area contributed by atoms with Crippen molar-refractivity contribution in [1.82, 2.24) is 0 Å². The number of benzene rings is 2. The number of hydrogen-bond acceptors (Lipinski definition) is 5. The van der Waals surface area contributed by atoms with Gasteiger partial charge in [-0.2, -0.15) is 0 Å². The van der Waals surface area contributed by atoms with E-state index in [2.05, 4.69) is 35.2 Å². The van der Waals surface area contributed by atoms with Crippen LogP contribution in [0.1, 0.15) is 68.9 Å². The number of fused-ring (bicyclic) bond motifs is 3. The molecule has 6 rings (SSSR count). The Labute approximate surface area is 250 Å².